The van der Waals surface area contributed by atoms with Crippen molar-refractivity contribution in [3.05, 3.63) is 292 Å². The van der Waals surface area contributed by atoms with Gasteiger partial charge in [0.1, 0.15) is 44.5 Å². The number of aryl methyl sites for hydroxylation is 1. The first-order valence-electron chi connectivity index (χ1n) is 35.7. The highest BCUT2D eigenvalue weighted by molar-refractivity contribution is 9.10. The van der Waals surface area contributed by atoms with Crippen molar-refractivity contribution in [2.75, 3.05) is 12.3 Å². The summed E-state index contributed by atoms with van der Waals surface area (Å²) in [5, 5.41) is 55.9. The van der Waals surface area contributed by atoms with Crippen molar-refractivity contribution in [2.45, 2.75) is 57.2 Å². The third kappa shape index (κ3) is 23.6. The number of fused-ring (bicyclic) bond motifs is 5. The Balaban J connectivity index is 0.000000156. The number of nitrogens with two attached hydrogens (primary N) is 1. The van der Waals surface area contributed by atoms with Gasteiger partial charge >= 0.3 is 7.12 Å². The molecule has 0 bridgehead atoms. The Morgan fingerprint density at radius 3 is 1.44 bits per heavy atom. The van der Waals surface area contributed by atoms with Crippen LogP contribution in [-0.4, -0.2) is 176 Å². The number of halogens is 9. The Hall–Kier alpha value is -17.0. The van der Waals surface area contributed by atoms with Gasteiger partial charge in [-0.3, -0.25) is 4.79 Å². The van der Waals surface area contributed by atoms with Crippen molar-refractivity contribution >= 4 is 108 Å². The maximum absolute atomic E-state index is 13.1. The zero-order valence-electron chi connectivity index (χ0n) is 64.9. The van der Waals surface area contributed by atoms with Gasteiger partial charge in [0.25, 0.3) is 54.8 Å². The summed E-state index contributed by atoms with van der Waals surface area (Å²) in [6.45, 7) is 41.6. The quantitative estimate of drug-likeness (QED) is 0.0350. The number of nitriles is 2. The number of imidazole rings is 8. The third-order valence-electron chi connectivity index (χ3n) is 16.6. The summed E-state index contributed by atoms with van der Waals surface area (Å²) < 4.78 is 137. The van der Waals surface area contributed by atoms with E-state index in [1.54, 1.807) is 128 Å². The number of benzene rings is 3. The largest absolute Gasteiger partial charge is 0.487 e. The van der Waals surface area contributed by atoms with Gasteiger partial charge in [-0.1, -0.05) is 112 Å². The first-order chi connectivity index (χ1) is 61.2. The van der Waals surface area contributed by atoms with E-state index in [0.717, 1.165) is 5.56 Å². The molecule has 634 valence electrons. The molecule has 17 aromatic rings. The summed E-state index contributed by atoms with van der Waals surface area (Å²) in [5.74, 6) is 1.51. The Morgan fingerprint density at radius 2 is 0.976 bits per heavy atom. The molecule has 0 aliphatic rings. The zero-order valence-corrected chi connectivity index (χ0v) is 67.3. The van der Waals surface area contributed by atoms with E-state index in [9.17, 15) is 48.3 Å². The molecular formula is C79H55BBrF8N31O6S. The van der Waals surface area contributed by atoms with E-state index in [-0.39, 0.29) is 28.0 Å². The van der Waals surface area contributed by atoms with Gasteiger partial charge in [0, 0.05) is 35.9 Å². The molecule has 127 heavy (non-hydrogen) atoms. The first-order valence-corrected chi connectivity index (χ1v) is 38.2. The summed E-state index contributed by atoms with van der Waals surface area (Å²) in [6.07, 6.45) is 6.21. The maximum atomic E-state index is 13.1. The van der Waals surface area contributed by atoms with E-state index in [4.69, 9.17) is 64.4 Å². The van der Waals surface area contributed by atoms with E-state index in [0.29, 0.717) is 124 Å². The molecule has 37 nitrogen and oxygen atoms in total. The van der Waals surface area contributed by atoms with Crippen LogP contribution in [0, 0.1) is 69.0 Å². The monoisotopic (exact) mass is 1810 g/mol. The lowest BCUT2D eigenvalue weighted by molar-refractivity contribution is 0.111. The number of alkyl halides is 8. The molecule has 14 heterocycles. The van der Waals surface area contributed by atoms with Crippen molar-refractivity contribution in [3.8, 4) is 69.0 Å². The summed E-state index contributed by atoms with van der Waals surface area (Å²) >= 11 is 3.23. The second kappa shape index (κ2) is 43.5. The molecule has 0 fully saturated rings. The van der Waals surface area contributed by atoms with Crippen LogP contribution in [0.4, 0.5) is 69.9 Å². The second-order valence-corrected chi connectivity index (χ2v) is 27.7. The van der Waals surface area contributed by atoms with Crippen LogP contribution >= 0.6 is 15.9 Å². The van der Waals surface area contributed by atoms with Gasteiger partial charge < -0.3 is 58.1 Å². The molecule has 14 aromatic heterocycles. The number of hydrogen-bond acceptors (Lipinski definition) is 23. The lowest BCUT2D eigenvalue weighted by atomic mass is 9.80. The Morgan fingerprint density at radius 1 is 0.520 bits per heavy atom. The normalized spacial score (nSPS) is 10.6. The van der Waals surface area contributed by atoms with Gasteiger partial charge in [-0.2, -0.15) is 10.5 Å². The average molecular weight is 1810 g/mol. The minimum Gasteiger partial charge on any atom is -0.442 e. The van der Waals surface area contributed by atoms with Crippen molar-refractivity contribution in [1.82, 2.24) is 107 Å². The number of carbonyl (C=O) groups excluding carboxylic acids is 1. The van der Waals surface area contributed by atoms with Crippen LogP contribution in [0.3, 0.4) is 0 Å². The third-order valence-corrected chi connectivity index (χ3v) is 18.7. The molecule has 0 unspecified atom stereocenters. The number of nitrogens with zero attached hydrogens (tertiary/aromatic N) is 30. The van der Waals surface area contributed by atoms with Crippen LogP contribution in [0.1, 0.15) is 21.6 Å². The summed E-state index contributed by atoms with van der Waals surface area (Å²) in [4.78, 5) is 66.4. The maximum Gasteiger partial charge on any atom is 0.487 e. The number of aromatic nitrogens is 22. The number of aldehydes is 1. The van der Waals surface area contributed by atoms with E-state index in [1.165, 1.54) is 117 Å². The Labute approximate surface area is 720 Å². The summed E-state index contributed by atoms with van der Waals surface area (Å²) in [6, 6.07) is 39.8. The smallest absolute Gasteiger partial charge is 0.442 e. The molecule has 0 radical (unpaired) electrons. The van der Waals surface area contributed by atoms with Gasteiger partial charge in [-0.25, -0.2) is 93.2 Å². The van der Waals surface area contributed by atoms with Gasteiger partial charge in [0.15, 0.2) is 34.0 Å². The number of sulfone groups is 1. The SMILES string of the molecule is Cc1ccc(S(=O)(=O)CC#N)cc1.NCC(F)F.[C-]#[N+]c1cccc(B(O)O)c1.[C-]#[N+]c1cnc2ccc(-c3c(-c4cccc(C#N)c4)ncn3CC(F)F)nn12.[C-]#[N+]c1cnc2ccc(-c3c(Br)ncn3CC(F)F)nn12.[C-]#[N+]c1cnc2ccc(-c3cncn3CC(F)F)nn12.[C-]#[N+]c1cnc2ccc(-c3cnco3)nn12.[C-]#[N+]c1cnc2ccc(C=O)nn12. The molecule has 3 aromatic carbocycles. The van der Waals surface area contributed by atoms with Gasteiger partial charge in [0.05, 0.1) is 135 Å². The Kier molecular flexibility index (Phi) is 31.6. The number of hydrogen-bond donors (Lipinski definition) is 3. The van der Waals surface area contributed by atoms with Crippen LogP contribution in [0.15, 0.2) is 216 Å². The van der Waals surface area contributed by atoms with Crippen LogP contribution in [-0.2, 0) is 29.5 Å². The number of rotatable bonds is 16. The molecule has 0 atom stereocenters. The van der Waals surface area contributed by atoms with Gasteiger partial charge in [0.2, 0.25) is 28.2 Å². The minimum absolute atomic E-state index is 0.208. The topological polar surface area (TPSA) is 422 Å². The fraction of sp³-hybridized carbons (Fsp3) is 0.127. The molecular weight excluding hydrogens is 1750 g/mol. The van der Waals surface area contributed by atoms with E-state index < -0.39 is 74.6 Å². The highest BCUT2D eigenvalue weighted by Gasteiger charge is 2.24. The fourth-order valence-corrected chi connectivity index (χ4v) is 12.3. The highest BCUT2D eigenvalue weighted by Crippen LogP contribution is 2.34. The standard InChI is InChI=1S/C19H11F2N7.C12H7BrF2N6.C12H8F2N6.C10H5N5O.C9H9NO2S.C8H4N4O.C7H6BNO2.C2H5F2N/c1-23-17-9-24-16-6-5-14(26-28(16)17)19-18(25-11-27(19)10-15(20)21)13-4-2-3-12(7-13)8-22;1-16-10-4-17-9-3-2-7(19-21(9)10)11-12(13)18-6-20(11)5-8(14)15;1-15-12-5-17-11-3-2-8(18-20(11)12)9-4-16-7-19(9)6-10(13)14;1-11-10-5-13-9-3-2-7(14-15(9)10)8-4-12-6-16-8;1-8-2-4-9(5-3-8)13(11,12)7-6-10;1-9-8-4-10-7-3-2-6(5-13)11-12(7)8;1-9-7-4-2-3-6(5-7)8(10)11;3-2(4)1-5/h2-7,9,11,15H,10H2;2-4,6,8H,5H2;2-5,7,10H,6H2;2-6H;2-5H,7H2,1H3;2-5H;2-5,10-11H;2H,1,5H2. The molecule has 48 heteroatoms. The van der Waals surface area contributed by atoms with Crippen molar-refractivity contribution in [1.29, 1.82) is 10.5 Å². The highest BCUT2D eigenvalue weighted by atomic mass is 79.9. The average Bonchev–Trinajstić information content (AvgIpc) is 1.67. The lowest BCUT2D eigenvalue weighted by Crippen LogP contribution is -2.29. The van der Waals surface area contributed by atoms with Crippen molar-refractivity contribution < 1.29 is 62.8 Å². The Bertz CT molecular complexity index is 7220. The van der Waals surface area contributed by atoms with E-state index in [1.807, 2.05) is 6.92 Å². The second-order valence-electron chi connectivity index (χ2n) is 25.0. The van der Waals surface area contributed by atoms with Crippen LogP contribution in [0.2, 0.25) is 0 Å². The molecule has 0 aliphatic carbocycles. The van der Waals surface area contributed by atoms with E-state index in [2.05, 4.69) is 127 Å². The predicted molar refractivity (Wildman–Crippen MR) is 443 cm³/mol. The molecule has 17 rings (SSSR count). The van der Waals surface area contributed by atoms with E-state index >= 15 is 0 Å². The molecule has 0 aliphatic heterocycles. The summed E-state index contributed by atoms with van der Waals surface area (Å²) in [7, 11) is -4.88. The van der Waals surface area contributed by atoms with Crippen molar-refractivity contribution in [3.63, 3.8) is 0 Å². The molecule has 0 saturated heterocycles. The first kappa shape index (κ1) is 92.3. The van der Waals surface area contributed by atoms with Crippen LogP contribution in [0.5, 0.6) is 0 Å². The predicted octanol–water partition coefficient (Wildman–Crippen LogP) is 14.0. The molecule has 0 spiro atoms. The molecule has 4 N–H and O–H groups in total. The zero-order chi connectivity index (χ0) is 91.4. The minimum atomic E-state index is -3.39. The number of oxazole rings is 1. The summed E-state index contributed by atoms with van der Waals surface area (Å²) in [5.41, 5.74) is 13.8. The fourth-order valence-electron chi connectivity index (χ4n) is 10.9. The molecule has 0 amide bonds. The van der Waals surface area contributed by atoms with Gasteiger partial charge in [-0.15, -0.1) is 22.6 Å². The molecule has 0 saturated carbocycles. The van der Waals surface area contributed by atoms with Gasteiger partial charge in [-0.05, 0) is 82.9 Å². The van der Waals surface area contributed by atoms with Crippen LogP contribution < -0.4 is 11.2 Å². The number of carbonyl (C=O) groups is 1. The van der Waals surface area contributed by atoms with Crippen molar-refractivity contribution in [2.24, 2.45) is 5.73 Å². The lowest BCUT2D eigenvalue weighted by Gasteiger charge is -2.09. The van der Waals surface area contributed by atoms with Crippen LogP contribution in [0.25, 0.3) is 114 Å².